The lowest BCUT2D eigenvalue weighted by atomic mass is 9.89. The van der Waals surface area contributed by atoms with E-state index < -0.39 is 0 Å². The highest BCUT2D eigenvalue weighted by Gasteiger charge is 2.19. The van der Waals surface area contributed by atoms with Crippen molar-refractivity contribution >= 4 is 11.6 Å². The number of methoxy groups -OCH3 is 1. The molecule has 0 aromatic carbocycles. The van der Waals surface area contributed by atoms with Crippen LogP contribution in [0, 0.1) is 5.41 Å². The number of ether oxygens (including phenoxy) is 1. The lowest BCUT2D eigenvalue weighted by molar-refractivity contribution is 0.142. The summed E-state index contributed by atoms with van der Waals surface area (Å²) in [5, 5.41) is 7.80. The molecule has 0 aliphatic heterocycles. The van der Waals surface area contributed by atoms with Crippen LogP contribution in [0.15, 0.2) is 6.33 Å². The van der Waals surface area contributed by atoms with Crippen LogP contribution >= 0.6 is 11.6 Å². The third-order valence-corrected chi connectivity index (χ3v) is 2.64. The Balaban J connectivity index is 2.59. The van der Waals surface area contributed by atoms with Crippen molar-refractivity contribution in [3.8, 4) is 0 Å². The fourth-order valence-corrected chi connectivity index (χ4v) is 1.64. The Hall–Kier alpha value is -0.610. The molecule has 0 amide bonds. The van der Waals surface area contributed by atoms with Crippen LogP contribution < -0.4 is 0 Å². The zero-order valence-corrected chi connectivity index (χ0v) is 10.3. The predicted octanol–water partition coefficient (Wildman–Crippen LogP) is 2.08. The second-order valence-corrected chi connectivity index (χ2v) is 4.68. The lowest BCUT2D eigenvalue weighted by Crippen LogP contribution is -2.22. The van der Waals surface area contributed by atoms with Crippen LogP contribution in [0.5, 0.6) is 0 Å². The average Bonchev–Trinajstić information content (AvgIpc) is 2.61. The molecule has 0 saturated heterocycles. The maximum absolute atomic E-state index is 5.76. The summed E-state index contributed by atoms with van der Waals surface area (Å²) in [5.41, 5.74) is 0.166. The van der Waals surface area contributed by atoms with Gasteiger partial charge in [0.25, 0.3) is 0 Å². The molecule has 0 N–H and O–H groups in total. The van der Waals surface area contributed by atoms with Gasteiger partial charge in [-0.05, 0) is 11.8 Å². The molecular formula is C10H18ClN3O. The molecule has 0 aliphatic rings. The number of alkyl halides is 1. The van der Waals surface area contributed by atoms with Crippen LogP contribution in [-0.2, 0) is 17.2 Å². The summed E-state index contributed by atoms with van der Waals surface area (Å²) in [7, 11) is 1.72. The highest BCUT2D eigenvalue weighted by molar-refractivity contribution is 6.16. The lowest BCUT2D eigenvalue weighted by Gasteiger charge is -2.25. The number of halogens is 1. The SMILES string of the molecule is COCCC(C)(C)Cn1cnnc1CCl. The van der Waals surface area contributed by atoms with Crippen LogP contribution in [0.2, 0.25) is 0 Å². The Morgan fingerprint density at radius 1 is 1.53 bits per heavy atom. The molecule has 0 radical (unpaired) electrons. The Morgan fingerprint density at radius 3 is 2.87 bits per heavy atom. The molecule has 1 rings (SSSR count). The maximum atomic E-state index is 5.76. The van der Waals surface area contributed by atoms with Crippen LogP contribution in [0.4, 0.5) is 0 Å². The summed E-state index contributed by atoms with van der Waals surface area (Å²) in [4.78, 5) is 0. The minimum Gasteiger partial charge on any atom is -0.385 e. The third-order valence-electron chi connectivity index (χ3n) is 2.40. The van der Waals surface area contributed by atoms with E-state index in [9.17, 15) is 0 Å². The number of aromatic nitrogens is 3. The third kappa shape index (κ3) is 3.80. The van der Waals surface area contributed by atoms with Crippen LogP contribution in [-0.4, -0.2) is 28.5 Å². The fourth-order valence-electron chi connectivity index (χ4n) is 1.43. The number of hydrogen-bond acceptors (Lipinski definition) is 3. The van der Waals surface area contributed by atoms with E-state index in [4.69, 9.17) is 16.3 Å². The van der Waals surface area contributed by atoms with Crippen molar-refractivity contribution in [2.45, 2.75) is 32.7 Å². The standard InChI is InChI=1S/C10H18ClN3O/c1-10(2,4-5-15-3)7-14-8-12-13-9(14)6-11/h8H,4-7H2,1-3H3. The zero-order valence-electron chi connectivity index (χ0n) is 9.53. The van der Waals surface area contributed by atoms with E-state index in [0.29, 0.717) is 5.88 Å². The van der Waals surface area contributed by atoms with Gasteiger partial charge in [0.1, 0.15) is 12.2 Å². The number of hydrogen-bond donors (Lipinski definition) is 0. The first-order valence-electron chi connectivity index (χ1n) is 5.00. The van der Waals surface area contributed by atoms with Gasteiger partial charge < -0.3 is 9.30 Å². The zero-order chi connectivity index (χ0) is 11.3. The number of rotatable bonds is 6. The Labute approximate surface area is 95.6 Å². The smallest absolute Gasteiger partial charge is 0.147 e. The van der Waals surface area contributed by atoms with Gasteiger partial charge in [-0.1, -0.05) is 13.8 Å². The fraction of sp³-hybridized carbons (Fsp3) is 0.800. The molecule has 0 fully saturated rings. The van der Waals surface area contributed by atoms with Crippen LogP contribution in [0.1, 0.15) is 26.1 Å². The molecule has 1 aromatic heterocycles. The first-order chi connectivity index (χ1) is 7.09. The van der Waals surface area contributed by atoms with Crippen molar-refractivity contribution in [1.29, 1.82) is 0 Å². The van der Waals surface area contributed by atoms with Crippen molar-refractivity contribution in [3.05, 3.63) is 12.2 Å². The van der Waals surface area contributed by atoms with Gasteiger partial charge in [-0.3, -0.25) is 0 Å². The molecular weight excluding hydrogens is 214 g/mol. The first kappa shape index (κ1) is 12.5. The van der Waals surface area contributed by atoms with E-state index >= 15 is 0 Å². The Morgan fingerprint density at radius 2 is 2.27 bits per heavy atom. The van der Waals surface area contributed by atoms with E-state index in [2.05, 4.69) is 24.0 Å². The molecule has 0 aliphatic carbocycles. The molecule has 0 bridgehead atoms. The Bertz CT molecular complexity index is 299. The predicted molar refractivity (Wildman–Crippen MR) is 59.9 cm³/mol. The van der Waals surface area contributed by atoms with E-state index in [1.165, 1.54) is 0 Å². The maximum Gasteiger partial charge on any atom is 0.147 e. The summed E-state index contributed by atoms with van der Waals surface area (Å²) < 4.78 is 7.09. The van der Waals surface area contributed by atoms with Gasteiger partial charge in [-0.15, -0.1) is 21.8 Å². The largest absolute Gasteiger partial charge is 0.385 e. The van der Waals surface area contributed by atoms with Gasteiger partial charge in [-0.2, -0.15) is 0 Å². The van der Waals surface area contributed by atoms with Gasteiger partial charge in [-0.25, -0.2) is 0 Å². The van der Waals surface area contributed by atoms with E-state index in [1.54, 1.807) is 13.4 Å². The van der Waals surface area contributed by atoms with Gasteiger partial charge in [0.05, 0.1) is 5.88 Å². The normalized spacial score (nSPS) is 12.0. The minimum atomic E-state index is 0.166. The van der Waals surface area contributed by atoms with Gasteiger partial charge in [0, 0.05) is 20.3 Å². The summed E-state index contributed by atoms with van der Waals surface area (Å²) in [5.74, 6) is 1.22. The molecule has 0 unspecified atom stereocenters. The topological polar surface area (TPSA) is 39.9 Å². The molecule has 0 spiro atoms. The van der Waals surface area contributed by atoms with Gasteiger partial charge in [0.2, 0.25) is 0 Å². The second kappa shape index (κ2) is 5.47. The average molecular weight is 232 g/mol. The summed E-state index contributed by atoms with van der Waals surface area (Å²) >= 11 is 5.76. The molecule has 1 heterocycles. The molecule has 1 aromatic rings. The molecule has 0 atom stereocenters. The van der Waals surface area contributed by atoms with Gasteiger partial charge in [0.15, 0.2) is 0 Å². The van der Waals surface area contributed by atoms with Crippen molar-refractivity contribution in [3.63, 3.8) is 0 Å². The molecule has 5 heteroatoms. The van der Waals surface area contributed by atoms with E-state index in [0.717, 1.165) is 25.4 Å². The molecule has 0 saturated carbocycles. The van der Waals surface area contributed by atoms with Crippen molar-refractivity contribution < 1.29 is 4.74 Å². The highest BCUT2D eigenvalue weighted by atomic mass is 35.5. The molecule has 86 valence electrons. The molecule has 15 heavy (non-hydrogen) atoms. The van der Waals surface area contributed by atoms with Crippen molar-refractivity contribution in [1.82, 2.24) is 14.8 Å². The Kier molecular flexibility index (Phi) is 4.54. The van der Waals surface area contributed by atoms with E-state index in [1.807, 2.05) is 4.57 Å². The second-order valence-electron chi connectivity index (χ2n) is 4.42. The summed E-state index contributed by atoms with van der Waals surface area (Å²) in [6.07, 6.45) is 2.73. The highest BCUT2D eigenvalue weighted by Crippen LogP contribution is 2.23. The van der Waals surface area contributed by atoms with Crippen molar-refractivity contribution in [2.75, 3.05) is 13.7 Å². The van der Waals surface area contributed by atoms with Crippen molar-refractivity contribution in [2.24, 2.45) is 5.41 Å². The van der Waals surface area contributed by atoms with Crippen LogP contribution in [0.3, 0.4) is 0 Å². The summed E-state index contributed by atoms with van der Waals surface area (Å²) in [6, 6.07) is 0. The van der Waals surface area contributed by atoms with E-state index in [-0.39, 0.29) is 5.41 Å². The van der Waals surface area contributed by atoms with Gasteiger partial charge >= 0.3 is 0 Å². The monoisotopic (exact) mass is 231 g/mol. The minimum absolute atomic E-state index is 0.166. The quantitative estimate of drug-likeness (QED) is 0.704. The van der Waals surface area contributed by atoms with Crippen LogP contribution in [0.25, 0.3) is 0 Å². The summed E-state index contributed by atoms with van der Waals surface area (Å²) in [6.45, 7) is 6.03. The molecule has 4 nitrogen and oxygen atoms in total. The number of nitrogens with zero attached hydrogens (tertiary/aromatic N) is 3. The first-order valence-corrected chi connectivity index (χ1v) is 5.54.